The summed E-state index contributed by atoms with van der Waals surface area (Å²) in [5.41, 5.74) is 2.22. The maximum absolute atomic E-state index is 11.4. The Hall–Kier alpha value is -1.07. The van der Waals surface area contributed by atoms with Crippen LogP contribution >= 0.6 is 12.4 Å². The van der Waals surface area contributed by atoms with Gasteiger partial charge in [-0.3, -0.25) is 9.48 Å². The standard InChI is InChI=1S/C13H24N4O.ClH/c1-11-10-12(2)17(16-11)9-5-8-15-13(18)6-4-7-14-3;/h10,14H,4-9H2,1-3H3,(H,15,18);1H. The van der Waals surface area contributed by atoms with Crippen molar-refractivity contribution in [2.45, 2.75) is 39.7 Å². The minimum Gasteiger partial charge on any atom is -0.356 e. The zero-order valence-electron chi connectivity index (χ0n) is 12.0. The Morgan fingerprint density at radius 2 is 2.05 bits per heavy atom. The van der Waals surface area contributed by atoms with Gasteiger partial charge in [-0.05, 0) is 46.3 Å². The Morgan fingerprint density at radius 1 is 1.32 bits per heavy atom. The van der Waals surface area contributed by atoms with E-state index in [-0.39, 0.29) is 18.3 Å². The molecule has 1 heterocycles. The number of aryl methyl sites for hydroxylation is 3. The molecule has 6 heteroatoms. The highest BCUT2D eigenvalue weighted by atomic mass is 35.5. The van der Waals surface area contributed by atoms with Gasteiger partial charge in [-0.15, -0.1) is 12.4 Å². The van der Waals surface area contributed by atoms with Gasteiger partial charge in [-0.2, -0.15) is 5.10 Å². The lowest BCUT2D eigenvalue weighted by molar-refractivity contribution is -0.121. The molecule has 1 amide bonds. The van der Waals surface area contributed by atoms with Crippen LogP contribution in [0.5, 0.6) is 0 Å². The van der Waals surface area contributed by atoms with E-state index in [1.54, 1.807) is 0 Å². The summed E-state index contributed by atoms with van der Waals surface area (Å²) in [5.74, 6) is 0.138. The van der Waals surface area contributed by atoms with Crippen molar-refractivity contribution in [1.29, 1.82) is 0 Å². The molecule has 2 N–H and O–H groups in total. The topological polar surface area (TPSA) is 59.0 Å². The van der Waals surface area contributed by atoms with Gasteiger partial charge in [-0.1, -0.05) is 0 Å². The molecule has 1 aromatic heterocycles. The quantitative estimate of drug-likeness (QED) is 0.712. The summed E-state index contributed by atoms with van der Waals surface area (Å²) < 4.78 is 1.99. The maximum Gasteiger partial charge on any atom is 0.220 e. The molecular formula is C13H25ClN4O. The van der Waals surface area contributed by atoms with Crippen molar-refractivity contribution >= 4 is 18.3 Å². The summed E-state index contributed by atoms with van der Waals surface area (Å²) in [5, 5.41) is 10.3. The van der Waals surface area contributed by atoms with E-state index in [2.05, 4.69) is 28.7 Å². The van der Waals surface area contributed by atoms with Gasteiger partial charge < -0.3 is 10.6 Å². The number of carbonyl (C=O) groups excluding carboxylic acids is 1. The third-order valence-corrected chi connectivity index (χ3v) is 2.80. The molecule has 0 aliphatic carbocycles. The van der Waals surface area contributed by atoms with Gasteiger partial charge >= 0.3 is 0 Å². The van der Waals surface area contributed by atoms with Gasteiger partial charge in [0, 0.05) is 25.2 Å². The zero-order chi connectivity index (χ0) is 13.4. The number of nitrogens with zero attached hydrogens (tertiary/aromatic N) is 2. The predicted molar refractivity (Wildman–Crippen MR) is 79.7 cm³/mol. The highest BCUT2D eigenvalue weighted by molar-refractivity contribution is 5.85. The summed E-state index contributed by atoms with van der Waals surface area (Å²) in [6, 6.07) is 2.07. The van der Waals surface area contributed by atoms with Crippen LogP contribution in [0.15, 0.2) is 6.07 Å². The molecular weight excluding hydrogens is 264 g/mol. The van der Waals surface area contributed by atoms with Crippen LogP contribution in [0.25, 0.3) is 0 Å². The van der Waals surface area contributed by atoms with Crippen molar-refractivity contribution < 1.29 is 4.79 Å². The monoisotopic (exact) mass is 288 g/mol. The second-order valence-corrected chi connectivity index (χ2v) is 4.56. The predicted octanol–water partition coefficient (Wildman–Crippen LogP) is 1.43. The van der Waals surface area contributed by atoms with Crippen molar-refractivity contribution in [2.75, 3.05) is 20.1 Å². The molecule has 5 nitrogen and oxygen atoms in total. The molecule has 0 spiro atoms. The SMILES string of the molecule is CNCCCC(=O)NCCCn1nc(C)cc1C.Cl. The zero-order valence-corrected chi connectivity index (χ0v) is 12.8. The van der Waals surface area contributed by atoms with Gasteiger partial charge in [0.25, 0.3) is 0 Å². The fraction of sp³-hybridized carbons (Fsp3) is 0.692. The highest BCUT2D eigenvalue weighted by Gasteiger charge is 2.02. The van der Waals surface area contributed by atoms with Crippen LogP contribution in [0.1, 0.15) is 30.7 Å². The molecule has 0 aliphatic heterocycles. The Bertz CT molecular complexity index is 379. The summed E-state index contributed by atoms with van der Waals surface area (Å²) in [7, 11) is 1.90. The van der Waals surface area contributed by atoms with Gasteiger partial charge in [0.2, 0.25) is 5.91 Å². The number of hydrogen-bond donors (Lipinski definition) is 2. The van der Waals surface area contributed by atoms with Gasteiger partial charge in [0.15, 0.2) is 0 Å². The molecule has 0 unspecified atom stereocenters. The molecule has 110 valence electrons. The first-order chi connectivity index (χ1) is 8.63. The third-order valence-electron chi connectivity index (χ3n) is 2.80. The highest BCUT2D eigenvalue weighted by Crippen LogP contribution is 2.02. The summed E-state index contributed by atoms with van der Waals surface area (Å²) in [6.45, 7) is 6.51. The van der Waals surface area contributed by atoms with E-state index in [1.807, 2.05) is 18.7 Å². The number of carbonyl (C=O) groups is 1. The molecule has 0 fully saturated rings. The van der Waals surface area contributed by atoms with E-state index in [9.17, 15) is 4.79 Å². The van der Waals surface area contributed by atoms with E-state index in [1.165, 1.54) is 5.69 Å². The van der Waals surface area contributed by atoms with E-state index in [0.717, 1.165) is 38.2 Å². The summed E-state index contributed by atoms with van der Waals surface area (Å²) in [4.78, 5) is 11.4. The molecule has 0 saturated heterocycles. The Morgan fingerprint density at radius 3 is 2.63 bits per heavy atom. The average molecular weight is 289 g/mol. The minimum atomic E-state index is 0. The average Bonchev–Trinajstić information content (AvgIpc) is 2.64. The molecule has 19 heavy (non-hydrogen) atoms. The first-order valence-electron chi connectivity index (χ1n) is 6.56. The molecule has 0 aliphatic rings. The molecule has 1 aromatic rings. The number of halogens is 1. The number of nitrogens with one attached hydrogen (secondary N) is 2. The molecule has 0 radical (unpaired) electrons. The van der Waals surface area contributed by atoms with Crippen molar-refractivity contribution in [3.63, 3.8) is 0 Å². The molecule has 0 atom stereocenters. The maximum atomic E-state index is 11.4. The Balaban J connectivity index is 0.00000324. The van der Waals surface area contributed by atoms with E-state index in [4.69, 9.17) is 0 Å². The summed E-state index contributed by atoms with van der Waals surface area (Å²) in [6.07, 6.45) is 2.40. The lowest BCUT2D eigenvalue weighted by atomic mass is 10.3. The van der Waals surface area contributed by atoms with E-state index >= 15 is 0 Å². The smallest absolute Gasteiger partial charge is 0.220 e. The largest absolute Gasteiger partial charge is 0.356 e. The number of hydrogen-bond acceptors (Lipinski definition) is 3. The third kappa shape index (κ3) is 7.18. The Kier molecular flexibility index (Phi) is 9.26. The minimum absolute atomic E-state index is 0. The Labute approximate surface area is 121 Å². The number of rotatable bonds is 8. The second-order valence-electron chi connectivity index (χ2n) is 4.56. The van der Waals surface area contributed by atoms with Crippen LogP contribution in [-0.2, 0) is 11.3 Å². The molecule has 1 rings (SSSR count). The van der Waals surface area contributed by atoms with Gasteiger partial charge in [0.05, 0.1) is 5.69 Å². The molecule has 0 aromatic carbocycles. The van der Waals surface area contributed by atoms with Crippen molar-refractivity contribution in [3.05, 3.63) is 17.5 Å². The summed E-state index contributed by atoms with van der Waals surface area (Å²) >= 11 is 0. The first kappa shape index (κ1) is 17.9. The number of amides is 1. The lowest BCUT2D eigenvalue weighted by Crippen LogP contribution is -2.26. The van der Waals surface area contributed by atoms with Crippen LogP contribution in [0.3, 0.4) is 0 Å². The molecule has 0 saturated carbocycles. The van der Waals surface area contributed by atoms with E-state index in [0.29, 0.717) is 6.42 Å². The van der Waals surface area contributed by atoms with Crippen molar-refractivity contribution in [2.24, 2.45) is 0 Å². The van der Waals surface area contributed by atoms with Gasteiger partial charge in [-0.25, -0.2) is 0 Å². The fourth-order valence-corrected chi connectivity index (χ4v) is 1.87. The normalized spacial score (nSPS) is 10.1. The van der Waals surface area contributed by atoms with Crippen molar-refractivity contribution in [3.8, 4) is 0 Å². The van der Waals surface area contributed by atoms with E-state index < -0.39 is 0 Å². The van der Waals surface area contributed by atoms with Gasteiger partial charge in [0.1, 0.15) is 0 Å². The van der Waals surface area contributed by atoms with Crippen LogP contribution in [0, 0.1) is 13.8 Å². The van der Waals surface area contributed by atoms with Crippen molar-refractivity contribution in [1.82, 2.24) is 20.4 Å². The first-order valence-corrected chi connectivity index (χ1v) is 6.56. The van der Waals surface area contributed by atoms with Crippen LogP contribution < -0.4 is 10.6 Å². The number of aromatic nitrogens is 2. The van der Waals surface area contributed by atoms with Crippen LogP contribution in [0.4, 0.5) is 0 Å². The second kappa shape index (κ2) is 9.81. The van der Waals surface area contributed by atoms with Crippen LogP contribution in [-0.4, -0.2) is 35.8 Å². The lowest BCUT2D eigenvalue weighted by Gasteiger charge is -2.06. The molecule has 0 bridgehead atoms. The fourth-order valence-electron chi connectivity index (χ4n) is 1.87. The van der Waals surface area contributed by atoms with Crippen LogP contribution in [0.2, 0.25) is 0 Å².